The molecule has 4 N–H and O–H groups in total. The highest BCUT2D eigenvalue weighted by Crippen LogP contribution is 2.64. The van der Waals surface area contributed by atoms with Gasteiger partial charge in [-0.2, -0.15) is 0 Å². The zero-order chi connectivity index (χ0) is 66.3. The van der Waals surface area contributed by atoms with Crippen LogP contribution in [0.3, 0.4) is 0 Å². The molecule has 1 saturated heterocycles. The number of hydrogen-bond acceptors (Lipinski definition) is 17. The van der Waals surface area contributed by atoms with Gasteiger partial charge >= 0.3 is 35.9 Å². The molecule has 3 aliphatic carbocycles. The van der Waals surface area contributed by atoms with Crippen molar-refractivity contribution in [2.45, 2.75) is 316 Å². The number of Topliss-reactive ketones (excluding diaryl/α,β-unsaturated/α-hetero) is 1. The Morgan fingerprint density at radius 1 is 0.667 bits per heavy atom. The first-order valence-electron chi connectivity index (χ1n) is 34.5. The van der Waals surface area contributed by atoms with E-state index in [9.17, 15) is 39.3 Å². The first kappa shape index (κ1) is 75.8. The average molecular weight is 1270 g/mol. The van der Waals surface area contributed by atoms with Crippen molar-refractivity contribution in [2.24, 2.45) is 28.1 Å². The van der Waals surface area contributed by atoms with Crippen LogP contribution in [-0.2, 0) is 61.9 Å². The average Bonchev–Trinajstić information content (AvgIpc) is 1.29. The second-order valence-corrected chi connectivity index (χ2v) is 28.6. The van der Waals surface area contributed by atoms with Crippen LogP contribution in [0, 0.1) is 28.1 Å². The number of alkyl carbamates (subject to hydrolysis) is 1. The van der Waals surface area contributed by atoms with Gasteiger partial charge in [0.1, 0.15) is 37.1 Å². The van der Waals surface area contributed by atoms with Gasteiger partial charge in [0.05, 0.1) is 42.7 Å². The highest BCUT2D eigenvalue weighted by molar-refractivity contribution is 5.93. The van der Waals surface area contributed by atoms with Crippen LogP contribution in [0.5, 0.6) is 0 Å². The van der Waals surface area contributed by atoms with Gasteiger partial charge in [-0.05, 0) is 82.4 Å². The Hall–Kier alpha value is -4.91. The van der Waals surface area contributed by atoms with E-state index in [2.05, 4.69) is 19.2 Å². The Bertz CT molecular complexity index is 2490. The molecule has 12 atom stereocenters. The van der Waals surface area contributed by atoms with Gasteiger partial charge < -0.3 is 53.8 Å². The molecule has 0 radical (unpaired) electrons. The lowest BCUT2D eigenvalue weighted by Gasteiger charge is -2.63. The molecule has 1 amide bonds. The van der Waals surface area contributed by atoms with E-state index >= 15 is 9.59 Å². The summed E-state index contributed by atoms with van der Waals surface area (Å²) in [5.74, 6) is -5.83. The minimum Gasteiger partial charge on any atom is -0.462 e. The summed E-state index contributed by atoms with van der Waals surface area (Å²) in [7, 11) is 0. The maximum Gasteiger partial charge on any atom is 0.408 e. The van der Waals surface area contributed by atoms with E-state index in [1.165, 1.54) is 83.5 Å². The molecule has 3 fully saturated rings. The molecule has 1 aromatic carbocycles. The van der Waals surface area contributed by atoms with Crippen molar-refractivity contribution in [2.75, 3.05) is 19.8 Å². The third kappa shape index (κ3) is 21.1. The summed E-state index contributed by atoms with van der Waals surface area (Å²) in [5.41, 5.74) is -5.29. The summed E-state index contributed by atoms with van der Waals surface area (Å²) >= 11 is 0. The van der Waals surface area contributed by atoms with Crippen LogP contribution in [0.2, 0.25) is 0 Å². The number of esters is 5. The van der Waals surface area contributed by atoms with Gasteiger partial charge in [0.25, 0.3) is 0 Å². The van der Waals surface area contributed by atoms with Crippen molar-refractivity contribution in [3.8, 4) is 0 Å². The lowest BCUT2D eigenvalue weighted by atomic mass is 9.48. The number of carbonyl (C=O) groups is 7. The zero-order valence-electron chi connectivity index (χ0n) is 56.8. The number of aliphatic hydroxyl groups is 3. The van der Waals surface area contributed by atoms with Gasteiger partial charge in [-0.25, -0.2) is 9.59 Å². The van der Waals surface area contributed by atoms with Gasteiger partial charge in [-0.15, -0.1) is 0 Å². The third-order valence-electron chi connectivity index (χ3n) is 20.1. The first-order chi connectivity index (χ1) is 42.6. The maximum atomic E-state index is 15.1. The largest absolute Gasteiger partial charge is 0.462 e. The number of aliphatic hydroxyl groups excluding tert-OH is 2. The number of unbranched alkanes of at least 4 members (excludes halogenated alkanes) is 20. The van der Waals surface area contributed by atoms with Crippen LogP contribution in [-0.4, -0.2) is 125 Å². The van der Waals surface area contributed by atoms with E-state index in [1.807, 2.05) is 13.8 Å². The third-order valence-corrected chi connectivity index (χ3v) is 20.1. The summed E-state index contributed by atoms with van der Waals surface area (Å²) in [5, 5.41) is 40.1. The first-order valence-corrected chi connectivity index (χ1v) is 34.5. The molecule has 0 spiro atoms. The fraction of sp³-hybridized carbons (Fsp3) is 0.792. The number of ether oxygens (including phenoxy) is 7. The Morgan fingerprint density at radius 2 is 1.14 bits per heavy atom. The fourth-order valence-electron chi connectivity index (χ4n) is 14.4. The van der Waals surface area contributed by atoms with Crippen molar-refractivity contribution < 1.29 is 82.0 Å². The molecule has 0 aromatic heterocycles. The van der Waals surface area contributed by atoms with E-state index in [0.29, 0.717) is 25.0 Å². The predicted molar refractivity (Wildman–Crippen MR) is 342 cm³/mol. The smallest absolute Gasteiger partial charge is 0.408 e. The Labute approximate surface area is 538 Å². The van der Waals surface area contributed by atoms with Gasteiger partial charge in [-0.3, -0.25) is 24.0 Å². The molecular formula is C72H115NO17. The van der Waals surface area contributed by atoms with Gasteiger partial charge in [0.2, 0.25) is 6.10 Å². The molecule has 18 nitrogen and oxygen atoms in total. The molecular weight excluding hydrogens is 1150 g/mol. The van der Waals surface area contributed by atoms with Gasteiger partial charge in [0, 0.05) is 36.5 Å². The molecule has 5 rings (SSSR count). The van der Waals surface area contributed by atoms with Crippen LogP contribution >= 0.6 is 0 Å². The van der Waals surface area contributed by atoms with Crippen LogP contribution in [0.4, 0.5) is 4.79 Å². The molecule has 1 aromatic rings. The van der Waals surface area contributed by atoms with Crippen LogP contribution in [0.25, 0.3) is 0 Å². The van der Waals surface area contributed by atoms with Crippen molar-refractivity contribution in [1.82, 2.24) is 5.32 Å². The van der Waals surface area contributed by atoms with Gasteiger partial charge in [-0.1, -0.05) is 200 Å². The highest BCUT2D eigenvalue weighted by Gasteiger charge is 2.69. The molecule has 2 bridgehead atoms. The van der Waals surface area contributed by atoms with Gasteiger partial charge in [0.15, 0.2) is 11.9 Å². The lowest BCUT2D eigenvalue weighted by Crippen LogP contribution is -2.69. The highest BCUT2D eigenvalue weighted by atomic mass is 16.6. The number of ketones is 1. The van der Waals surface area contributed by atoms with E-state index in [1.54, 1.807) is 78.8 Å². The minimum absolute atomic E-state index is 0.134. The number of fused-ring (bicyclic) bond motifs is 5. The van der Waals surface area contributed by atoms with E-state index in [4.69, 9.17) is 33.2 Å². The molecule has 4 aliphatic rings. The number of amides is 1. The Morgan fingerprint density at radius 3 is 1.64 bits per heavy atom. The summed E-state index contributed by atoms with van der Waals surface area (Å²) < 4.78 is 40.7. The second-order valence-electron chi connectivity index (χ2n) is 28.6. The normalized spacial score (nSPS) is 26.4. The maximum absolute atomic E-state index is 15.1. The molecule has 2 saturated carbocycles. The lowest BCUT2D eigenvalue weighted by molar-refractivity contribution is -0.277. The number of rotatable bonds is 38. The Balaban J connectivity index is 1.30. The summed E-state index contributed by atoms with van der Waals surface area (Å²) in [4.78, 5) is 97.6. The zero-order valence-corrected chi connectivity index (χ0v) is 56.8. The Kier molecular flexibility index (Phi) is 30.3. The van der Waals surface area contributed by atoms with E-state index < -0.39 is 137 Å². The fourth-order valence-corrected chi connectivity index (χ4v) is 14.4. The van der Waals surface area contributed by atoms with Crippen LogP contribution in [0.15, 0.2) is 41.5 Å². The summed E-state index contributed by atoms with van der Waals surface area (Å²) in [6.07, 6.45) is 15.3. The van der Waals surface area contributed by atoms with Crippen LogP contribution < -0.4 is 5.32 Å². The second kappa shape index (κ2) is 35.9. The number of hydrogen-bond donors (Lipinski definition) is 4. The number of nitrogens with one attached hydrogen (secondary N) is 1. The molecule has 90 heavy (non-hydrogen) atoms. The number of benzene rings is 1. The quantitative estimate of drug-likeness (QED) is 0.0208. The summed E-state index contributed by atoms with van der Waals surface area (Å²) in [6.45, 7) is 19.6. The van der Waals surface area contributed by atoms with E-state index in [0.717, 1.165) is 44.9 Å². The van der Waals surface area contributed by atoms with Crippen molar-refractivity contribution >= 4 is 41.7 Å². The number of carbonyl (C=O) groups excluding carboxylic acids is 7. The van der Waals surface area contributed by atoms with E-state index in [-0.39, 0.29) is 56.0 Å². The molecule has 1 heterocycles. The minimum atomic E-state index is -1.96. The van der Waals surface area contributed by atoms with Crippen molar-refractivity contribution in [3.63, 3.8) is 0 Å². The molecule has 510 valence electrons. The van der Waals surface area contributed by atoms with Crippen molar-refractivity contribution in [3.05, 3.63) is 47.0 Å². The molecule has 1 aliphatic heterocycles. The standard InChI is InChI=1S/C72H115NO17/c1-12-14-16-18-20-22-24-26-28-30-35-39-57(75)84-46-52(87-59(77)40-36-31-29-27-25-23-21-19-17-15-13-2)47-85-58(76)41-42-60(78)89-64(62(51-37-33-32-34-38-51)73-67(82)90-68(5,6)7)66(81)88-53-45-72(83)49(3)43-54-70(10)48-86-56(70)44-55(74)71(54,11)65(80)63(79)61(50(53)4)69(72,8)9/h32-34,37-38,49,52-56,62-64,74,79,83H,12-31,35-36,39-48H2,1-11H3,(H,73,82)/t49-,52?,53-,54+,55-,56+,62-,63+,64+,70-,71-,72+/m0/s1. The van der Waals surface area contributed by atoms with Crippen molar-refractivity contribution in [1.29, 1.82) is 0 Å². The monoisotopic (exact) mass is 1270 g/mol. The summed E-state index contributed by atoms with van der Waals surface area (Å²) in [6, 6.07) is 6.76. The SMILES string of the molecule is CCCCCCCCCCCCCC(=O)OCC(COC(=O)CCC(=O)O[C@@H](C(=O)O[C@H]1C[C@@]2(O)[C@@H](C)C[C@@H]3[C@]4(C)CO[C@@H]4C[C@H](O)[C@@]3(C)C(=O)[C@H](O)C(=C1C)C2(C)C)[C@@H](NC(=O)OC(C)(C)C)c1ccccc1)OC(=O)CCCCCCCCCCCCC. The predicted octanol–water partition coefficient (Wildman–Crippen LogP) is 13.5. The molecule has 18 heteroatoms. The molecule has 1 unspecified atom stereocenters. The topological polar surface area (TPSA) is 257 Å². The van der Waals surface area contributed by atoms with Crippen LogP contribution in [0.1, 0.15) is 274 Å².